The molecule has 4 nitrogen and oxygen atoms in total. The molecule has 0 spiro atoms. The Balaban J connectivity index is 2.72. The molecule has 0 aliphatic heterocycles. The molecule has 0 saturated carbocycles. The van der Waals surface area contributed by atoms with E-state index >= 15 is 0 Å². The SMILES string of the molecule is CCN(c1nc(CCl)co1)C(C)CN(C)C. The van der Waals surface area contributed by atoms with Gasteiger partial charge >= 0.3 is 0 Å². The molecule has 1 aromatic rings. The van der Waals surface area contributed by atoms with Crippen LogP contribution >= 0.6 is 11.6 Å². The topological polar surface area (TPSA) is 32.5 Å². The Bertz CT molecular complexity index is 314. The van der Waals surface area contributed by atoms with Gasteiger partial charge < -0.3 is 14.2 Å². The van der Waals surface area contributed by atoms with Gasteiger partial charge in [0.25, 0.3) is 6.01 Å². The van der Waals surface area contributed by atoms with Crippen molar-refractivity contribution in [1.82, 2.24) is 9.88 Å². The monoisotopic (exact) mass is 245 g/mol. The van der Waals surface area contributed by atoms with Gasteiger partial charge in [0.2, 0.25) is 0 Å². The molecule has 16 heavy (non-hydrogen) atoms. The first-order valence-electron chi connectivity index (χ1n) is 5.50. The zero-order valence-electron chi connectivity index (χ0n) is 10.4. The Hall–Kier alpha value is -0.740. The van der Waals surface area contributed by atoms with Crippen LogP contribution in [0.5, 0.6) is 0 Å². The maximum Gasteiger partial charge on any atom is 0.297 e. The summed E-state index contributed by atoms with van der Waals surface area (Å²) < 4.78 is 5.42. The molecule has 0 saturated heterocycles. The third-order valence-corrected chi connectivity index (χ3v) is 2.70. The number of hydrogen-bond donors (Lipinski definition) is 0. The molecule has 1 atom stereocenters. The highest BCUT2D eigenvalue weighted by Gasteiger charge is 2.18. The van der Waals surface area contributed by atoms with Gasteiger partial charge in [-0.05, 0) is 27.9 Å². The van der Waals surface area contributed by atoms with Crippen LogP contribution in [0.15, 0.2) is 10.7 Å². The zero-order chi connectivity index (χ0) is 12.1. The van der Waals surface area contributed by atoms with Crippen LogP contribution in [0.1, 0.15) is 19.5 Å². The van der Waals surface area contributed by atoms with Crippen molar-refractivity contribution in [1.29, 1.82) is 0 Å². The molecule has 0 aliphatic carbocycles. The fraction of sp³-hybridized carbons (Fsp3) is 0.727. The first-order chi connectivity index (χ1) is 7.58. The van der Waals surface area contributed by atoms with Crippen LogP contribution < -0.4 is 4.90 Å². The highest BCUT2D eigenvalue weighted by atomic mass is 35.5. The number of likely N-dealkylation sites (N-methyl/N-ethyl adjacent to an activating group) is 2. The van der Waals surface area contributed by atoms with Crippen LogP contribution in [-0.2, 0) is 5.88 Å². The van der Waals surface area contributed by atoms with Gasteiger partial charge in [0.1, 0.15) is 6.26 Å². The summed E-state index contributed by atoms with van der Waals surface area (Å²) in [6.07, 6.45) is 1.62. The highest BCUT2D eigenvalue weighted by molar-refractivity contribution is 6.16. The average Bonchev–Trinajstić information content (AvgIpc) is 2.66. The molecule has 1 aromatic heterocycles. The van der Waals surface area contributed by atoms with Crippen molar-refractivity contribution in [2.45, 2.75) is 25.8 Å². The van der Waals surface area contributed by atoms with E-state index in [1.54, 1.807) is 6.26 Å². The lowest BCUT2D eigenvalue weighted by Crippen LogP contribution is -2.40. The quantitative estimate of drug-likeness (QED) is 0.720. The van der Waals surface area contributed by atoms with Crippen molar-refractivity contribution in [3.8, 4) is 0 Å². The van der Waals surface area contributed by atoms with Crippen molar-refractivity contribution < 1.29 is 4.42 Å². The van der Waals surface area contributed by atoms with Crippen molar-refractivity contribution in [2.24, 2.45) is 0 Å². The number of alkyl halides is 1. The summed E-state index contributed by atoms with van der Waals surface area (Å²) in [6, 6.07) is 1.02. The van der Waals surface area contributed by atoms with Crippen LogP contribution in [0.25, 0.3) is 0 Å². The fourth-order valence-electron chi connectivity index (χ4n) is 1.75. The van der Waals surface area contributed by atoms with Crippen molar-refractivity contribution in [3.05, 3.63) is 12.0 Å². The smallest absolute Gasteiger partial charge is 0.297 e. The predicted octanol–water partition coefficient (Wildman–Crippen LogP) is 2.19. The summed E-state index contributed by atoms with van der Waals surface area (Å²) >= 11 is 5.70. The van der Waals surface area contributed by atoms with Gasteiger partial charge in [-0.25, -0.2) is 0 Å². The third kappa shape index (κ3) is 3.39. The lowest BCUT2D eigenvalue weighted by molar-refractivity contribution is 0.363. The Morgan fingerprint density at radius 3 is 2.62 bits per heavy atom. The number of oxazole rings is 1. The van der Waals surface area contributed by atoms with Gasteiger partial charge in [0.15, 0.2) is 0 Å². The van der Waals surface area contributed by atoms with Crippen molar-refractivity contribution in [3.63, 3.8) is 0 Å². The minimum Gasteiger partial charge on any atom is -0.432 e. The molecule has 5 heteroatoms. The maximum atomic E-state index is 5.70. The molecule has 0 amide bonds. The summed E-state index contributed by atoms with van der Waals surface area (Å²) in [6.45, 7) is 6.09. The maximum absolute atomic E-state index is 5.70. The van der Waals surface area contributed by atoms with E-state index in [-0.39, 0.29) is 0 Å². The van der Waals surface area contributed by atoms with Gasteiger partial charge in [-0.1, -0.05) is 0 Å². The van der Waals surface area contributed by atoms with Crippen molar-refractivity contribution >= 4 is 17.6 Å². The predicted molar refractivity (Wildman–Crippen MR) is 67.1 cm³/mol. The van der Waals surface area contributed by atoms with E-state index in [4.69, 9.17) is 16.0 Å². The normalized spacial score (nSPS) is 13.1. The van der Waals surface area contributed by atoms with E-state index in [0.29, 0.717) is 17.9 Å². The number of aromatic nitrogens is 1. The van der Waals surface area contributed by atoms with Gasteiger partial charge in [-0.2, -0.15) is 4.98 Å². The number of hydrogen-bond acceptors (Lipinski definition) is 4. The van der Waals surface area contributed by atoms with Crippen LogP contribution in [0.3, 0.4) is 0 Å². The largest absolute Gasteiger partial charge is 0.432 e. The van der Waals surface area contributed by atoms with E-state index < -0.39 is 0 Å². The molecule has 1 rings (SSSR count). The fourth-order valence-corrected chi connectivity index (χ4v) is 1.87. The van der Waals surface area contributed by atoms with E-state index in [2.05, 4.69) is 42.7 Å². The summed E-state index contributed by atoms with van der Waals surface area (Å²) in [5.41, 5.74) is 0.784. The number of halogens is 1. The summed E-state index contributed by atoms with van der Waals surface area (Å²) in [7, 11) is 4.12. The second kappa shape index (κ2) is 6.11. The van der Waals surface area contributed by atoms with Crippen LogP contribution in [0.4, 0.5) is 6.01 Å². The second-order valence-electron chi connectivity index (χ2n) is 4.15. The van der Waals surface area contributed by atoms with Gasteiger partial charge in [-0.3, -0.25) is 0 Å². The van der Waals surface area contributed by atoms with E-state index in [9.17, 15) is 0 Å². The number of anilines is 1. The number of rotatable bonds is 6. The molecule has 92 valence electrons. The van der Waals surface area contributed by atoms with Crippen molar-refractivity contribution in [2.75, 3.05) is 32.1 Å². The molecule has 0 fully saturated rings. The first kappa shape index (κ1) is 13.3. The molecule has 0 aliphatic rings. The highest BCUT2D eigenvalue weighted by Crippen LogP contribution is 2.17. The molecule has 1 heterocycles. The summed E-state index contributed by atoms with van der Waals surface area (Å²) in [4.78, 5) is 8.62. The minimum atomic E-state index is 0.363. The van der Waals surface area contributed by atoms with Gasteiger partial charge in [-0.15, -0.1) is 11.6 Å². The Morgan fingerprint density at radius 2 is 2.19 bits per heavy atom. The van der Waals surface area contributed by atoms with E-state index in [0.717, 1.165) is 18.8 Å². The molecular formula is C11H20ClN3O. The average molecular weight is 246 g/mol. The number of nitrogens with zero attached hydrogens (tertiary/aromatic N) is 3. The van der Waals surface area contributed by atoms with Crippen LogP contribution in [0, 0.1) is 0 Å². The van der Waals surface area contributed by atoms with Gasteiger partial charge in [0.05, 0.1) is 11.6 Å². The lowest BCUT2D eigenvalue weighted by atomic mass is 10.3. The molecule has 0 N–H and O–H groups in total. The van der Waals surface area contributed by atoms with Gasteiger partial charge in [0, 0.05) is 19.1 Å². The lowest BCUT2D eigenvalue weighted by Gasteiger charge is -2.28. The first-order valence-corrected chi connectivity index (χ1v) is 6.03. The Kier molecular flexibility index (Phi) is 5.09. The minimum absolute atomic E-state index is 0.363. The Morgan fingerprint density at radius 1 is 1.50 bits per heavy atom. The van der Waals surface area contributed by atoms with E-state index in [1.807, 2.05) is 0 Å². The second-order valence-corrected chi connectivity index (χ2v) is 4.42. The van der Waals surface area contributed by atoms with Crippen LogP contribution in [-0.4, -0.2) is 43.1 Å². The third-order valence-electron chi connectivity index (χ3n) is 2.42. The summed E-state index contributed by atoms with van der Waals surface area (Å²) in [5, 5.41) is 0. The summed E-state index contributed by atoms with van der Waals surface area (Å²) in [5.74, 6) is 0.392. The molecule has 1 unspecified atom stereocenters. The van der Waals surface area contributed by atoms with E-state index in [1.165, 1.54) is 0 Å². The van der Waals surface area contributed by atoms with Crippen LogP contribution in [0.2, 0.25) is 0 Å². The molecular weight excluding hydrogens is 226 g/mol. The Labute approximate surface area is 102 Å². The molecule has 0 bridgehead atoms. The molecule has 0 aromatic carbocycles. The standard InChI is InChI=1S/C11H20ClN3O/c1-5-15(9(2)7-14(3)4)11-13-10(6-12)8-16-11/h8-9H,5-7H2,1-4H3. The molecule has 0 radical (unpaired) electrons. The zero-order valence-corrected chi connectivity index (χ0v) is 11.2.